The summed E-state index contributed by atoms with van der Waals surface area (Å²) in [6, 6.07) is 2.42. The van der Waals surface area contributed by atoms with Gasteiger partial charge in [-0.15, -0.1) is 11.3 Å². The molecule has 0 bridgehead atoms. The van der Waals surface area contributed by atoms with Crippen molar-refractivity contribution in [2.45, 2.75) is 43.7 Å². The van der Waals surface area contributed by atoms with Gasteiger partial charge < -0.3 is 4.90 Å². The van der Waals surface area contributed by atoms with E-state index in [9.17, 15) is 12.8 Å². The molecule has 2 saturated heterocycles. The predicted octanol–water partition coefficient (Wildman–Crippen LogP) is 4.39. The van der Waals surface area contributed by atoms with Crippen LogP contribution in [0.3, 0.4) is 0 Å². The third-order valence-electron chi connectivity index (χ3n) is 5.90. The van der Waals surface area contributed by atoms with Crippen molar-refractivity contribution in [2.24, 2.45) is 5.41 Å². The number of nitrogens with one attached hydrogen (secondary N) is 1. The van der Waals surface area contributed by atoms with Crippen molar-refractivity contribution in [1.29, 1.82) is 0 Å². The number of hydrogen-bond acceptors (Lipinski definition) is 6. The molecule has 0 unspecified atom stereocenters. The molecule has 10 heteroatoms. The topological polar surface area (TPSA) is 65.5 Å². The molecule has 29 heavy (non-hydrogen) atoms. The lowest BCUT2D eigenvalue weighted by Gasteiger charge is -2.43. The highest BCUT2D eigenvalue weighted by Crippen LogP contribution is 2.50. The van der Waals surface area contributed by atoms with Gasteiger partial charge in [0.2, 0.25) is 0 Å². The van der Waals surface area contributed by atoms with Crippen LogP contribution in [0.15, 0.2) is 28.6 Å². The summed E-state index contributed by atoms with van der Waals surface area (Å²) in [5, 5.41) is 2.02. The fourth-order valence-electron chi connectivity index (χ4n) is 4.83. The summed E-state index contributed by atoms with van der Waals surface area (Å²) in [6.07, 6.45) is 4.46. The summed E-state index contributed by atoms with van der Waals surface area (Å²) in [4.78, 5) is 7.87. The highest BCUT2D eigenvalue weighted by Gasteiger charge is 2.54. The van der Waals surface area contributed by atoms with E-state index in [0.717, 1.165) is 43.7 Å². The van der Waals surface area contributed by atoms with Crippen LogP contribution in [-0.2, 0) is 10.0 Å². The Morgan fingerprint density at radius 2 is 2.14 bits per heavy atom. The minimum absolute atomic E-state index is 0.153. The molecule has 0 saturated carbocycles. The van der Waals surface area contributed by atoms with Crippen LogP contribution in [0.25, 0.3) is 0 Å². The Balaban J connectivity index is 1.69. The molecule has 1 atom stereocenters. The number of benzene rings is 1. The Bertz CT molecular complexity index is 1030. The van der Waals surface area contributed by atoms with Crippen LogP contribution in [-0.4, -0.2) is 44.1 Å². The van der Waals surface area contributed by atoms with Crippen LogP contribution >= 0.6 is 22.9 Å². The van der Waals surface area contributed by atoms with E-state index in [1.54, 1.807) is 5.38 Å². The van der Waals surface area contributed by atoms with Crippen LogP contribution in [0.5, 0.6) is 0 Å². The summed E-state index contributed by atoms with van der Waals surface area (Å²) < 4.78 is 42.5. The maximum Gasteiger partial charge on any atom is 0.266 e. The SMILES string of the molecule is CN(c1cc(F)c(S(=O)(=O)Nc2nccs2)cc1Cl)[C@@]12CCCN1CC(C)(C)C2. The molecule has 3 heterocycles. The predicted molar refractivity (Wildman–Crippen MR) is 115 cm³/mol. The van der Waals surface area contributed by atoms with Crippen molar-refractivity contribution in [3.05, 3.63) is 34.5 Å². The number of halogens is 2. The summed E-state index contributed by atoms with van der Waals surface area (Å²) in [6.45, 7) is 6.45. The molecule has 1 aromatic heterocycles. The lowest BCUT2D eigenvalue weighted by molar-refractivity contribution is 0.194. The van der Waals surface area contributed by atoms with Gasteiger partial charge in [0.15, 0.2) is 5.13 Å². The van der Waals surface area contributed by atoms with Gasteiger partial charge in [0.1, 0.15) is 10.7 Å². The lowest BCUT2D eigenvalue weighted by Crippen LogP contribution is -2.52. The third-order valence-corrected chi connectivity index (χ3v) is 8.38. The molecule has 1 N–H and O–H groups in total. The van der Waals surface area contributed by atoms with E-state index in [0.29, 0.717) is 5.69 Å². The van der Waals surface area contributed by atoms with Crippen LogP contribution in [0, 0.1) is 11.2 Å². The fourth-order valence-corrected chi connectivity index (χ4v) is 7.06. The van der Waals surface area contributed by atoms with Crippen LogP contribution in [0.4, 0.5) is 15.2 Å². The number of rotatable bonds is 5. The first kappa shape index (κ1) is 20.8. The fraction of sp³-hybridized carbons (Fsp3) is 0.526. The van der Waals surface area contributed by atoms with Gasteiger partial charge >= 0.3 is 0 Å². The maximum atomic E-state index is 15.0. The van der Waals surface area contributed by atoms with Crippen molar-refractivity contribution in [3.8, 4) is 0 Å². The van der Waals surface area contributed by atoms with E-state index < -0.39 is 20.7 Å². The first-order valence-corrected chi connectivity index (χ1v) is 12.2. The molecule has 2 aliphatic heterocycles. The molecule has 0 aliphatic carbocycles. The number of fused-ring (bicyclic) bond motifs is 1. The van der Waals surface area contributed by atoms with E-state index >= 15 is 0 Å². The van der Waals surface area contributed by atoms with Crippen molar-refractivity contribution in [2.75, 3.05) is 29.8 Å². The largest absolute Gasteiger partial charge is 0.355 e. The van der Waals surface area contributed by atoms with Crippen molar-refractivity contribution in [1.82, 2.24) is 9.88 Å². The first-order valence-electron chi connectivity index (χ1n) is 9.44. The number of aromatic nitrogens is 1. The minimum atomic E-state index is -4.13. The number of hydrogen-bond donors (Lipinski definition) is 1. The van der Waals surface area contributed by atoms with Crippen molar-refractivity contribution < 1.29 is 12.8 Å². The molecular formula is C19H24ClFN4O2S2. The Hall–Kier alpha value is -1.42. The summed E-state index contributed by atoms with van der Waals surface area (Å²) >= 11 is 7.61. The molecule has 2 aromatic rings. The van der Waals surface area contributed by atoms with E-state index in [2.05, 4.69) is 28.5 Å². The molecule has 0 radical (unpaired) electrons. The average Bonchev–Trinajstić information content (AvgIpc) is 3.30. The molecule has 2 aliphatic rings. The van der Waals surface area contributed by atoms with Gasteiger partial charge in [-0.2, -0.15) is 0 Å². The Labute approximate surface area is 179 Å². The summed E-state index contributed by atoms with van der Waals surface area (Å²) in [7, 11) is -2.21. The molecule has 158 valence electrons. The second kappa shape index (κ2) is 7.08. The third kappa shape index (κ3) is 3.62. The zero-order chi connectivity index (χ0) is 21.0. The highest BCUT2D eigenvalue weighted by atomic mass is 35.5. The molecule has 1 aromatic carbocycles. The summed E-state index contributed by atoms with van der Waals surface area (Å²) in [5.41, 5.74) is 0.432. The number of nitrogens with zero attached hydrogens (tertiary/aromatic N) is 3. The van der Waals surface area contributed by atoms with E-state index in [1.165, 1.54) is 18.3 Å². The van der Waals surface area contributed by atoms with E-state index in [-0.39, 0.29) is 21.2 Å². The van der Waals surface area contributed by atoms with Crippen LogP contribution in [0.2, 0.25) is 5.02 Å². The van der Waals surface area contributed by atoms with E-state index in [4.69, 9.17) is 11.6 Å². The van der Waals surface area contributed by atoms with Gasteiger partial charge in [0, 0.05) is 37.8 Å². The monoisotopic (exact) mass is 458 g/mol. The highest BCUT2D eigenvalue weighted by molar-refractivity contribution is 7.93. The first-order chi connectivity index (χ1) is 13.5. The average molecular weight is 459 g/mol. The quantitative estimate of drug-likeness (QED) is 0.719. The summed E-state index contributed by atoms with van der Waals surface area (Å²) in [5.74, 6) is -0.835. The Morgan fingerprint density at radius 1 is 1.38 bits per heavy atom. The molecule has 4 rings (SSSR count). The molecular weight excluding hydrogens is 435 g/mol. The van der Waals surface area contributed by atoms with Gasteiger partial charge in [-0.05, 0) is 30.7 Å². The number of thiazole rings is 1. The minimum Gasteiger partial charge on any atom is -0.355 e. The molecule has 0 amide bonds. The lowest BCUT2D eigenvalue weighted by atomic mass is 9.86. The van der Waals surface area contributed by atoms with Crippen LogP contribution < -0.4 is 9.62 Å². The number of anilines is 2. The van der Waals surface area contributed by atoms with Gasteiger partial charge in [-0.25, -0.2) is 17.8 Å². The normalized spacial score (nSPS) is 23.9. The molecule has 6 nitrogen and oxygen atoms in total. The smallest absolute Gasteiger partial charge is 0.266 e. The molecule has 0 spiro atoms. The van der Waals surface area contributed by atoms with Gasteiger partial charge in [-0.3, -0.25) is 9.62 Å². The standard InChI is InChI=1S/C19H24ClFN4O2S2/c1-18(2)11-19(5-4-7-25(19)12-18)24(3)15-10-14(21)16(9-13(15)20)29(26,27)23-17-22-6-8-28-17/h6,8-10H,4-5,7,11-12H2,1-3H3,(H,22,23)/t19-/m0/s1. The Kier molecular flexibility index (Phi) is 5.08. The van der Waals surface area contributed by atoms with Crippen molar-refractivity contribution in [3.63, 3.8) is 0 Å². The van der Waals surface area contributed by atoms with Gasteiger partial charge in [-0.1, -0.05) is 25.4 Å². The van der Waals surface area contributed by atoms with Crippen LogP contribution in [0.1, 0.15) is 33.1 Å². The van der Waals surface area contributed by atoms with Gasteiger partial charge in [0.25, 0.3) is 10.0 Å². The van der Waals surface area contributed by atoms with Crippen molar-refractivity contribution >= 4 is 43.8 Å². The maximum absolute atomic E-state index is 15.0. The zero-order valence-corrected chi connectivity index (χ0v) is 19.0. The molecule has 2 fully saturated rings. The van der Waals surface area contributed by atoms with E-state index in [1.807, 2.05) is 11.9 Å². The second-order valence-electron chi connectivity index (χ2n) is 8.58. The Morgan fingerprint density at radius 3 is 2.83 bits per heavy atom. The zero-order valence-electron chi connectivity index (χ0n) is 16.6. The second-order valence-corrected chi connectivity index (χ2v) is 11.5. The van der Waals surface area contributed by atoms with Gasteiger partial charge in [0.05, 0.1) is 16.4 Å². The number of sulfonamides is 1.